The Bertz CT molecular complexity index is 2120. The first-order valence-electron chi connectivity index (χ1n) is 16.0. The van der Waals surface area contributed by atoms with Gasteiger partial charge in [0.2, 0.25) is 0 Å². The number of allylic oxidation sites excluding steroid dienone is 2. The molecule has 0 saturated carbocycles. The molecule has 0 saturated heterocycles. The van der Waals surface area contributed by atoms with Gasteiger partial charge in [0.25, 0.3) is 0 Å². The predicted molar refractivity (Wildman–Crippen MR) is 192 cm³/mol. The van der Waals surface area contributed by atoms with Crippen molar-refractivity contribution in [3.63, 3.8) is 0 Å². The van der Waals surface area contributed by atoms with Gasteiger partial charge in [-0.05, 0) is 75.9 Å². The molecular formula is C43H33N3. The lowest BCUT2D eigenvalue weighted by atomic mass is 9.88. The van der Waals surface area contributed by atoms with E-state index in [1.807, 2.05) is 12.3 Å². The maximum atomic E-state index is 5.16. The standard InChI is InChI=1S/C43H33N3/c1-2-8-30(9-3-1)32-15-20-34(21-16-32)41-28-42(35-22-17-33(18-23-35)40-14-7-25-44-29-40)46-43(45-41)39-13-6-12-37(27-39)38-24-19-31-10-4-5-11-36(31)26-38/h1-6,8-18,20-23,26-29H,7,19,24-25H2. The summed E-state index contributed by atoms with van der Waals surface area (Å²) in [5.41, 5.74) is 15.0. The van der Waals surface area contributed by atoms with E-state index in [2.05, 4.69) is 145 Å². The maximum Gasteiger partial charge on any atom is 0.160 e. The molecule has 46 heavy (non-hydrogen) atoms. The first kappa shape index (κ1) is 27.8. The highest BCUT2D eigenvalue weighted by Crippen LogP contribution is 2.34. The van der Waals surface area contributed by atoms with Crippen molar-refractivity contribution in [2.75, 3.05) is 6.54 Å². The molecule has 2 heterocycles. The average Bonchev–Trinajstić information content (AvgIpc) is 3.15. The molecule has 0 radical (unpaired) electrons. The van der Waals surface area contributed by atoms with Crippen LogP contribution in [0.4, 0.5) is 0 Å². The summed E-state index contributed by atoms with van der Waals surface area (Å²) < 4.78 is 0. The Hall–Kier alpha value is -5.67. The summed E-state index contributed by atoms with van der Waals surface area (Å²) in [5.74, 6) is 0.726. The van der Waals surface area contributed by atoms with Crippen LogP contribution in [-0.4, -0.2) is 22.7 Å². The highest BCUT2D eigenvalue weighted by Gasteiger charge is 2.15. The quantitative estimate of drug-likeness (QED) is 0.193. The zero-order chi connectivity index (χ0) is 30.7. The SMILES string of the molecule is C1=NCCC=C1c1ccc(-c2cc(-c3ccc(-c4ccccc4)cc3)nc(-c3cccc(C4=Cc5ccccc5CC4)c3)n2)cc1. The summed E-state index contributed by atoms with van der Waals surface area (Å²) in [5, 5.41) is 0. The molecule has 0 amide bonds. The molecule has 0 fully saturated rings. The Labute approximate surface area is 270 Å². The molecule has 0 spiro atoms. The Morgan fingerprint density at radius 2 is 1.11 bits per heavy atom. The molecule has 3 heteroatoms. The van der Waals surface area contributed by atoms with Gasteiger partial charge >= 0.3 is 0 Å². The van der Waals surface area contributed by atoms with Gasteiger partial charge in [0.1, 0.15) is 0 Å². The number of hydrogen-bond acceptors (Lipinski definition) is 3. The second-order valence-corrected chi connectivity index (χ2v) is 11.9. The molecule has 0 unspecified atom stereocenters. The molecule has 8 rings (SSSR count). The Balaban J connectivity index is 1.20. The zero-order valence-corrected chi connectivity index (χ0v) is 25.6. The topological polar surface area (TPSA) is 38.1 Å². The van der Waals surface area contributed by atoms with E-state index in [1.165, 1.54) is 44.5 Å². The van der Waals surface area contributed by atoms with Crippen molar-refractivity contribution < 1.29 is 0 Å². The summed E-state index contributed by atoms with van der Waals surface area (Å²) in [7, 11) is 0. The van der Waals surface area contributed by atoms with Gasteiger partial charge in [-0.15, -0.1) is 0 Å². The van der Waals surface area contributed by atoms with E-state index in [4.69, 9.17) is 9.97 Å². The number of dihydropyridines is 1. The molecule has 0 bridgehead atoms. The van der Waals surface area contributed by atoms with Crippen molar-refractivity contribution in [1.29, 1.82) is 0 Å². The van der Waals surface area contributed by atoms with Crippen molar-refractivity contribution in [3.05, 3.63) is 162 Å². The molecule has 0 atom stereocenters. The average molecular weight is 592 g/mol. The van der Waals surface area contributed by atoms with Gasteiger partial charge in [0, 0.05) is 29.4 Å². The lowest BCUT2D eigenvalue weighted by Crippen LogP contribution is -2.00. The van der Waals surface area contributed by atoms with Gasteiger partial charge in [0.15, 0.2) is 5.82 Å². The second kappa shape index (κ2) is 12.4. The molecule has 2 aliphatic rings. The van der Waals surface area contributed by atoms with Crippen molar-refractivity contribution in [1.82, 2.24) is 9.97 Å². The van der Waals surface area contributed by atoms with Gasteiger partial charge in [-0.1, -0.05) is 133 Å². The third kappa shape index (κ3) is 5.76. The van der Waals surface area contributed by atoms with E-state index in [1.54, 1.807) is 0 Å². The fourth-order valence-electron chi connectivity index (χ4n) is 6.39. The van der Waals surface area contributed by atoms with Crippen LogP contribution < -0.4 is 0 Å². The third-order valence-corrected chi connectivity index (χ3v) is 8.92. The lowest BCUT2D eigenvalue weighted by molar-refractivity contribution is 1.00. The number of hydrogen-bond donors (Lipinski definition) is 0. The summed E-state index contributed by atoms with van der Waals surface area (Å²) in [6.45, 7) is 0.867. The van der Waals surface area contributed by atoms with Crippen LogP contribution in [-0.2, 0) is 6.42 Å². The van der Waals surface area contributed by atoms with Gasteiger partial charge < -0.3 is 0 Å². The van der Waals surface area contributed by atoms with Crippen molar-refractivity contribution >= 4 is 23.4 Å². The third-order valence-electron chi connectivity index (χ3n) is 8.92. The largest absolute Gasteiger partial charge is 0.292 e. The highest BCUT2D eigenvalue weighted by atomic mass is 14.9. The smallest absolute Gasteiger partial charge is 0.160 e. The van der Waals surface area contributed by atoms with Gasteiger partial charge in [0.05, 0.1) is 11.4 Å². The predicted octanol–water partition coefficient (Wildman–Crippen LogP) is 10.5. The molecule has 220 valence electrons. The Morgan fingerprint density at radius 1 is 0.478 bits per heavy atom. The van der Waals surface area contributed by atoms with Gasteiger partial charge in [-0.2, -0.15) is 0 Å². The van der Waals surface area contributed by atoms with Crippen LogP contribution in [0.5, 0.6) is 0 Å². The van der Waals surface area contributed by atoms with Crippen molar-refractivity contribution in [3.8, 4) is 45.0 Å². The summed E-state index contributed by atoms with van der Waals surface area (Å²) in [6, 6.07) is 47.3. The number of aromatic nitrogens is 2. The number of rotatable bonds is 6. The Morgan fingerprint density at radius 3 is 1.85 bits per heavy atom. The Kier molecular flexibility index (Phi) is 7.49. The van der Waals surface area contributed by atoms with Crippen LogP contribution in [0.1, 0.15) is 35.1 Å². The van der Waals surface area contributed by atoms with E-state index in [0.29, 0.717) is 0 Å². The summed E-state index contributed by atoms with van der Waals surface area (Å²) >= 11 is 0. The second-order valence-electron chi connectivity index (χ2n) is 11.9. The van der Waals surface area contributed by atoms with E-state index >= 15 is 0 Å². The minimum atomic E-state index is 0.726. The van der Waals surface area contributed by atoms with Crippen LogP contribution in [0.3, 0.4) is 0 Å². The van der Waals surface area contributed by atoms with Crippen LogP contribution in [0.2, 0.25) is 0 Å². The number of fused-ring (bicyclic) bond motifs is 1. The van der Waals surface area contributed by atoms with E-state index in [0.717, 1.165) is 59.7 Å². The van der Waals surface area contributed by atoms with Crippen LogP contribution in [0, 0.1) is 0 Å². The number of benzene rings is 5. The first-order valence-corrected chi connectivity index (χ1v) is 16.0. The molecule has 5 aromatic carbocycles. The minimum Gasteiger partial charge on any atom is -0.292 e. The summed E-state index contributed by atoms with van der Waals surface area (Å²) in [6.07, 6.45) is 9.63. The van der Waals surface area contributed by atoms with Crippen molar-refractivity contribution in [2.45, 2.75) is 19.3 Å². The van der Waals surface area contributed by atoms with Gasteiger partial charge in [-0.3, -0.25) is 4.99 Å². The van der Waals surface area contributed by atoms with E-state index < -0.39 is 0 Å². The lowest BCUT2D eigenvalue weighted by Gasteiger charge is -2.17. The first-order chi connectivity index (χ1) is 22.8. The van der Waals surface area contributed by atoms with E-state index in [9.17, 15) is 0 Å². The van der Waals surface area contributed by atoms with Crippen LogP contribution >= 0.6 is 0 Å². The van der Waals surface area contributed by atoms with Crippen LogP contribution in [0.25, 0.3) is 62.3 Å². The fourth-order valence-corrected chi connectivity index (χ4v) is 6.39. The minimum absolute atomic E-state index is 0.726. The molecule has 6 aromatic rings. The number of aryl methyl sites for hydroxylation is 1. The number of nitrogens with zero attached hydrogens (tertiary/aromatic N) is 3. The normalized spacial score (nSPS) is 13.9. The number of aliphatic imine (C=N–C) groups is 1. The monoisotopic (exact) mass is 591 g/mol. The molecule has 1 aliphatic carbocycles. The molecule has 3 nitrogen and oxygen atoms in total. The van der Waals surface area contributed by atoms with Crippen LogP contribution in [0.15, 0.2) is 145 Å². The fraction of sp³-hybridized carbons (Fsp3) is 0.0930. The van der Waals surface area contributed by atoms with E-state index in [-0.39, 0.29) is 0 Å². The zero-order valence-electron chi connectivity index (χ0n) is 25.6. The van der Waals surface area contributed by atoms with Crippen molar-refractivity contribution in [2.24, 2.45) is 4.99 Å². The molecular weight excluding hydrogens is 558 g/mol. The summed E-state index contributed by atoms with van der Waals surface area (Å²) in [4.78, 5) is 14.8. The molecule has 0 N–H and O–H groups in total. The highest BCUT2D eigenvalue weighted by molar-refractivity contribution is 6.10. The maximum absolute atomic E-state index is 5.16. The molecule has 1 aromatic heterocycles. The van der Waals surface area contributed by atoms with Gasteiger partial charge in [-0.25, -0.2) is 9.97 Å². The molecule has 1 aliphatic heterocycles.